The smallest absolute Gasteiger partial charge is 0.208 e. The van der Waals surface area contributed by atoms with Crippen LogP contribution in [-0.2, 0) is 0 Å². The first-order valence-corrected chi connectivity index (χ1v) is 3.44. The summed E-state index contributed by atoms with van der Waals surface area (Å²) >= 11 is 0. The van der Waals surface area contributed by atoms with Crippen LogP contribution in [0.1, 0.15) is 11.6 Å². The van der Waals surface area contributed by atoms with Crippen molar-refractivity contribution in [1.29, 1.82) is 0 Å². The summed E-state index contributed by atoms with van der Waals surface area (Å²) in [6.45, 7) is 3.52. The van der Waals surface area contributed by atoms with Crippen molar-refractivity contribution in [1.82, 2.24) is 15.0 Å². The molecular formula is C7H6N3P. The van der Waals surface area contributed by atoms with Crippen molar-refractivity contribution in [2.75, 3.05) is 0 Å². The van der Waals surface area contributed by atoms with Gasteiger partial charge in [0.2, 0.25) is 5.82 Å². The van der Waals surface area contributed by atoms with Crippen LogP contribution in [0.3, 0.4) is 0 Å². The normalized spacial score (nSPS) is 8.73. The zero-order valence-electron chi connectivity index (χ0n) is 5.78. The molecule has 1 aromatic heterocycles. The number of nitrogens with zero attached hydrogens (tertiary/aromatic N) is 3. The Morgan fingerprint density at radius 3 is 2.73 bits per heavy atom. The Balaban J connectivity index is 3.25. The number of aromatic nitrogens is 3. The molecule has 0 radical (unpaired) electrons. The molecule has 0 aliphatic heterocycles. The second kappa shape index (κ2) is 3.23. The highest BCUT2D eigenvalue weighted by Gasteiger charge is 1.96. The Bertz CT molecular complexity index is 327. The molecule has 1 unspecified atom stereocenters. The second-order valence-corrected chi connectivity index (χ2v) is 2.24. The Morgan fingerprint density at radius 1 is 1.45 bits per heavy atom. The second-order valence-electron chi connectivity index (χ2n) is 1.72. The molecule has 0 aliphatic rings. The first-order valence-electron chi connectivity index (χ1n) is 2.87. The van der Waals surface area contributed by atoms with Crippen molar-refractivity contribution in [2.24, 2.45) is 0 Å². The maximum absolute atomic E-state index is 5.10. The van der Waals surface area contributed by atoms with Crippen LogP contribution in [0.15, 0.2) is 6.58 Å². The average molecular weight is 163 g/mol. The number of rotatable bonds is 1. The third-order valence-electron chi connectivity index (χ3n) is 0.982. The van der Waals surface area contributed by atoms with Gasteiger partial charge >= 0.3 is 0 Å². The summed E-state index contributed by atoms with van der Waals surface area (Å²) in [5.74, 6) is 3.15. The molecule has 11 heavy (non-hydrogen) atoms. The Labute approximate surface area is 67.2 Å². The number of hydrogen-bond acceptors (Lipinski definition) is 3. The van der Waals surface area contributed by atoms with Crippen LogP contribution in [0.2, 0.25) is 0 Å². The van der Waals surface area contributed by atoms with Crippen molar-refractivity contribution in [3.8, 4) is 12.3 Å². The summed E-state index contributed by atoms with van der Waals surface area (Å²) in [7, 11) is 2.35. The van der Waals surface area contributed by atoms with Crippen molar-refractivity contribution < 1.29 is 0 Å². The molecule has 0 spiro atoms. The summed E-state index contributed by atoms with van der Waals surface area (Å²) in [5, 5.41) is 0. The van der Waals surface area contributed by atoms with Crippen LogP contribution in [0.25, 0.3) is 6.08 Å². The van der Waals surface area contributed by atoms with E-state index in [0.717, 1.165) is 0 Å². The predicted octanol–water partition coefficient (Wildman–Crippen LogP) is -0.00370. The topological polar surface area (TPSA) is 38.7 Å². The van der Waals surface area contributed by atoms with Gasteiger partial charge in [-0.05, 0) is 12.0 Å². The Morgan fingerprint density at radius 2 is 2.18 bits per heavy atom. The van der Waals surface area contributed by atoms with E-state index < -0.39 is 0 Å². The standard InChI is InChI=1S/C7H6N3P/c1-3-5-8-6(4-2)10-7(11)9-5/h1,4H,2,11H2. The van der Waals surface area contributed by atoms with Gasteiger partial charge in [0.15, 0.2) is 5.82 Å². The van der Waals surface area contributed by atoms with Crippen molar-refractivity contribution in [3.05, 3.63) is 18.2 Å². The molecule has 54 valence electrons. The molecule has 1 atom stereocenters. The maximum Gasteiger partial charge on any atom is 0.208 e. The predicted molar refractivity (Wildman–Crippen MR) is 47.2 cm³/mol. The first kappa shape index (κ1) is 7.84. The minimum atomic E-state index is 0.333. The van der Waals surface area contributed by atoms with E-state index in [9.17, 15) is 0 Å². The summed E-state index contributed by atoms with van der Waals surface area (Å²) in [5.41, 5.74) is 0.530. The molecule has 0 bridgehead atoms. The van der Waals surface area contributed by atoms with Crippen LogP contribution < -0.4 is 5.57 Å². The van der Waals surface area contributed by atoms with Gasteiger partial charge in [0.05, 0.1) is 0 Å². The van der Waals surface area contributed by atoms with Gasteiger partial charge in [0.1, 0.15) is 5.57 Å². The van der Waals surface area contributed by atoms with Gasteiger partial charge in [-0.25, -0.2) is 15.0 Å². The quantitative estimate of drug-likeness (QED) is 0.432. The lowest BCUT2D eigenvalue weighted by Gasteiger charge is -1.94. The molecule has 0 amide bonds. The van der Waals surface area contributed by atoms with E-state index in [0.29, 0.717) is 17.2 Å². The van der Waals surface area contributed by atoms with Gasteiger partial charge < -0.3 is 0 Å². The molecule has 0 saturated heterocycles. The van der Waals surface area contributed by atoms with Gasteiger partial charge in [0, 0.05) is 0 Å². The van der Waals surface area contributed by atoms with E-state index in [1.54, 1.807) is 0 Å². The highest BCUT2D eigenvalue weighted by atomic mass is 31.0. The van der Waals surface area contributed by atoms with Crippen LogP contribution in [0.4, 0.5) is 0 Å². The molecule has 4 heteroatoms. The van der Waals surface area contributed by atoms with Gasteiger partial charge in [-0.2, -0.15) is 0 Å². The molecule has 0 aliphatic carbocycles. The number of terminal acetylenes is 1. The fourth-order valence-electron chi connectivity index (χ4n) is 0.565. The summed E-state index contributed by atoms with van der Waals surface area (Å²) < 4.78 is 0. The molecule has 0 saturated carbocycles. The largest absolute Gasteiger partial charge is 0.210 e. The highest BCUT2D eigenvalue weighted by Crippen LogP contribution is 1.91. The average Bonchev–Trinajstić information content (AvgIpc) is 2.03. The van der Waals surface area contributed by atoms with Gasteiger partial charge in [-0.1, -0.05) is 15.8 Å². The van der Waals surface area contributed by atoms with E-state index in [4.69, 9.17) is 6.42 Å². The third kappa shape index (κ3) is 1.83. The third-order valence-corrected chi connectivity index (χ3v) is 1.24. The highest BCUT2D eigenvalue weighted by molar-refractivity contribution is 7.26. The van der Waals surface area contributed by atoms with Crippen molar-refractivity contribution in [2.45, 2.75) is 0 Å². The molecule has 0 fully saturated rings. The maximum atomic E-state index is 5.10. The molecule has 0 aromatic carbocycles. The van der Waals surface area contributed by atoms with E-state index in [2.05, 4.69) is 36.7 Å². The van der Waals surface area contributed by atoms with E-state index in [1.807, 2.05) is 0 Å². The van der Waals surface area contributed by atoms with Gasteiger partial charge in [-0.3, -0.25) is 0 Å². The molecule has 0 N–H and O–H groups in total. The summed E-state index contributed by atoms with van der Waals surface area (Å²) in [4.78, 5) is 11.7. The van der Waals surface area contributed by atoms with Crippen LogP contribution >= 0.6 is 9.24 Å². The lowest BCUT2D eigenvalue weighted by molar-refractivity contribution is 1.04. The van der Waals surface area contributed by atoms with Crippen LogP contribution in [0, 0.1) is 12.3 Å². The minimum Gasteiger partial charge on any atom is -0.210 e. The Hall–Kier alpha value is -1.26. The van der Waals surface area contributed by atoms with Gasteiger partial charge in [-0.15, -0.1) is 6.42 Å². The monoisotopic (exact) mass is 163 g/mol. The van der Waals surface area contributed by atoms with Crippen molar-refractivity contribution >= 4 is 20.9 Å². The molecular weight excluding hydrogens is 157 g/mol. The first-order chi connectivity index (χ1) is 5.26. The SMILES string of the molecule is C#Cc1nc(P)nc(C=C)n1. The fraction of sp³-hybridized carbons (Fsp3) is 0. The number of hydrogen-bond donors (Lipinski definition) is 0. The zero-order chi connectivity index (χ0) is 8.27. The summed E-state index contributed by atoms with van der Waals surface area (Å²) in [6.07, 6.45) is 6.62. The van der Waals surface area contributed by atoms with Crippen LogP contribution in [-0.4, -0.2) is 15.0 Å². The van der Waals surface area contributed by atoms with Crippen LogP contribution in [0.5, 0.6) is 0 Å². The lowest BCUT2D eigenvalue weighted by atomic mass is 10.5. The lowest BCUT2D eigenvalue weighted by Crippen LogP contribution is -2.10. The molecule has 1 rings (SSSR count). The van der Waals surface area contributed by atoms with Crippen molar-refractivity contribution in [3.63, 3.8) is 0 Å². The fourth-order valence-corrected chi connectivity index (χ4v) is 0.820. The van der Waals surface area contributed by atoms with E-state index in [1.165, 1.54) is 6.08 Å². The molecule has 1 aromatic rings. The van der Waals surface area contributed by atoms with Gasteiger partial charge in [0.25, 0.3) is 0 Å². The zero-order valence-corrected chi connectivity index (χ0v) is 6.94. The van der Waals surface area contributed by atoms with E-state index in [-0.39, 0.29) is 0 Å². The molecule has 3 nitrogen and oxygen atoms in total. The van der Waals surface area contributed by atoms with E-state index >= 15 is 0 Å². The molecule has 1 heterocycles. The summed E-state index contributed by atoms with van der Waals surface area (Å²) in [6, 6.07) is 0. The Kier molecular flexibility index (Phi) is 2.30. The minimum absolute atomic E-state index is 0.333.